The van der Waals surface area contributed by atoms with Crippen LogP contribution >= 0.6 is 7.82 Å². The highest BCUT2D eigenvalue weighted by molar-refractivity contribution is 7.47. The van der Waals surface area contributed by atoms with E-state index in [1.165, 1.54) is 250 Å². The average Bonchev–Trinajstić information content (AvgIpc) is 3.34. The molecule has 0 saturated carbocycles. The van der Waals surface area contributed by atoms with E-state index in [-0.39, 0.29) is 19.1 Å². The molecule has 0 aromatic rings. The Morgan fingerprint density at radius 1 is 0.472 bits per heavy atom. The number of hydrogen-bond donors (Lipinski definition) is 3. The number of carbonyl (C=O) groups is 1. The Kier molecular flexibility index (Phi) is 54.0. The summed E-state index contributed by atoms with van der Waals surface area (Å²) in [5.41, 5.74) is 0. The van der Waals surface area contributed by atoms with Crippen LogP contribution in [0.25, 0.3) is 0 Å². The topological polar surface area (TPSA) is 105 Å². The number of allylic oxidation sites excluding steroid dienone is 4. The van der Waals surface area contributed by atoms with E-state index in [0.717, 1.165) is 44.9 Å². The molecule has 3 atom stereocenters. The van der Waals surface area contributed by atoms with Crippen molar-refractivity contribution in [2.75, 3.05) is 40.9 Å². The Labute approximate surface area is 449 Å². The summed E-state index contributed by atoms with van der Waals surface area (Å²) >= 11 is 0. The second-order valence-corrected chi connectivity index (χ2v) is 24.6. The Balaban J connectivity index is 3.89. The van der Waals surface area contributed by atoms with E-state index in [1.807, 2.05) is 21.1 Å². The van der Waals surface area contributed by atoms with Crippen molar-refractivity contribution in [2.24, 2.45) is 0 Å². The van der Waals surface area contributed by atoms with Gasteiger partial charge in [0.15, 0.2) is 0 Å². The minimum absolute atomic E-state index is 0.0767. The number of unbranched alkanes of at least 4 members (excludes halogenated alkanes) is 42. The highest BCUT2D eigenvalue weighted by Gasteiger charge is 2.28. The van der Waals surface area contributed by atoms with Crippen molar-refractivity contribution in [3.05, 3.63) is 24.3 Å². The van der Waals surface area contributed by atoms with E-state index in [4.69, 9.17) is 9.05 Å². The van der Waals surface area contributed by atoms with E-state index in [0.29, 0.717) is 23.9 Å². The van der Waals surface area contributed by atoms with Gasteiger partial charge in [-0.05, 0) is 44.9 Å². The molecule has 1 amide bonds. The number of rotatable bonds is 59. The van der Waals surface area contributed by atoms with Crippen LogP contribution < -0.4 is 5.32 Å². The summed E-state index contributed by atoms with van der Waals surface area (Å²) < 4.78 is 23.8. The van der Waals surface area contributed by atoms with Crippen LogP contribution in [0.3, 0.4) is 0 Å². The third kappa shape index (κ3) is 56.7. The average molecular weight is 1040 g/mol. The number of aliphatic hydroxyl groups excluding tert-OH is 1. The Morgan fingerprint density at radius 3 is 1.14 bits per heavy atom. The van der Waals surface area contributed by atoms with Gasteiger partial charge in [-0.2, -0.15) is 0 Å². The number of hydrogen-bond acceptors (Lipinski definition) is 5. The fourth-order valence-corrected chi connectivity index (χ4v) is 10.5. The molecule has 3 N–H and O–H groups in total. The Hall–Kier alpha value is -1.02. The molecule has 0 spiro atoms. The van der Waals surface area contributed by atoms with Crippen LogP contribution in [-0.2, 0) is 18.4 Å². The Morgan fingerprint density at radius 2 is 0.792 bits per heavy atom. The van der Waals surface area contributed by atoms with Gasteiger partial charge in [-0.3, -0.25) is 13.8 Å². The number of carbonyl (C=O) groups excluding carboxylic acids is 1. The lowest BCUT2D eigenvalue weighted by Crippen LogP contribution is -2.46. The molecule has 0 saturated heterocycles. The molecule has 0 aliphatic heterocycles. The third-order valence-corrected chi connectivity index (χ3v) is 15.7. The van der Waals surface area contributed by atoms with Crippen molar-refractivity contribution in [3.63, 3.8) is 0 Å². The lowest BCUT2D eigenvalue weighted by molar-refractivity contribution is -0.870. The molecule has 72 heavy (non-hydrogen) atoms. The first-order valence-corrected chi connectivity index (χ1v) is 33.2. The summed E-state index contributed by atoms with van der Waals surface area (Å²) in [6.07, 6.45) is 69.9. The number of quaternary nitrogens is 1. The van der Waals surface area contributed by atoms with Gasteiger partial charge in [0.05, 0.1) is 39.9 Å². The highest BCUT2D eigenvalue weighted by atomic mass is 31.2. The van der Waals surface area contributed by atoms with E-state index in [1.54, 1.807) is 0 Å². The van der Waals surface area contributed by atoms with Gasteiger partial charge in [-0.25, -0.2) is 4.57 Å². The minimum Gasteiger partial charge on any atom is -0.391 e. The standard InChI is InChI=1S/C63H125N2O6P/c1-6-8-10-12-14-16-18-20-21-22-23-24-25-26-27-28-29-30-31-32-33-34-35-36-37-38-39-40-41-42-43-45-47-49-51-53-55-57-63(67)64-61(60-71-72(68,69)70-59-58-65(3,4)5)62(66)56-54-52-50-48-46-44-19-17-15-13-11-9-7-2/h27-28,30-31,61-62,66H,6-26,29,32-60H2,1-5H3,(H-,64,67,68,69)/p+1/b28-27-,31-30-. The first kappa shape index (κ1) is 71.0. The van der Waals surface area contributed by atoms with Gasteiger partial charge in [-0.15, -0.1) is 0 Å². The number of phosphoric ester groups is 1. The quantitative estimate of drug-likeness (QED) is 0.0243. The fraction of sp³-hybridized carbons (Fsp3) is 0.921. The van der Waals surface area contributed by atoms with Crippen LogP contribution in [0, 0.1) is 0 Å². The molecular formula is C63H126N2O6P+. The van der Waals surface area contributed by atoms with Crippen molar-refractivity contribution in [1.29, 1.82) is 0 Å². The lowest BCUT2D eigenvalue weighted by Gasteiger charge is -2.26. The third-order valence-electron chi connectivity index (χ3n) is 14.7. The molecule has 0 aliphatic carbocycles. The molecule has 0 rings (SSSR count). The van der Waals surface area contributed by atoms with Gasteiger partial charge in [0.25, 0.3) is 0 Å². The van der Waals surface area contributed by atoms with Crippen LogP contribution in [0.1, 0.15) is 322 Å². The van der Waals surface area contributed by atoms with Crippen molar-refractivity contribution in [2.45, 2.75) is 334 Å². The SMILES string of the molecule is CCCCCCCCCCCCCCC/C=C\C/C=C\CCCCCCCCCCCCCCCCCCCC(=O)NC(COP(=O)(O)OCC[N+](C)(C)C)C(O)CCCCCCCCCCCCCCC. The monoisotopic (exact) mass is 1040 g/mol. The molecule has 0 aromatic heterocycles. The number of nitrogens with zero attached hydrogens (tertiary/aromatic N) is 1. The molecule has 8 nitrogen and oxygen atoms in total. The van der Waals surface area contributed by atoms with Crippen LogP contribution in [0.5, 0.6) is 0 Å². The van der Waals surface area contributed by atoms with E-state index >= 15 is 0 Å². The van der Waals surface area contributed by atoms with Crippen molar-refractivity contribution < 1.29 is 32.9 Å². The summed E-state index contributed by atoms with van der Waals surface area (Å²) in [7, 11) is 1.63. The molecule has 0 heterocycles. The maximum absolute atomic E-state index is 13.0. The second-order valence-electron chi connectivity index (χ2n) is 23.1. The van der Waals surface area contributed by atoms with Gasteiger partial charge in [0.1, 0.15) is 13.2 Å². The number of nitrogens with one attached hydrogen (secondary N) is 1. The molecule has 0 aliphatic rings. The van der Waals surface area contributed by atoms with Gasteiger partial charge in [0, 0.05) is 6.42 Å². The van der Waals surface area contributed by atoms with Gasteiger partial charge < -0.3 is 19.8 Å². The molecule has 9 heteroatoms. The summed E-state index contributed by atoms with van der Waals surface area (Å²) in [4.78, 5) is 23.3. The van der Waals surface area contributed by atoms with Crippen molar-refractivity contribution >= 4 is 13.7 Å². The van der Waals surface area contributed by atoms with Crippen LogP contribution in [0.4, 0.5) is 0 Å². The van der Waals surface area contributed by atoms with Gasteiger partial charge >= 0.3 is 7.82 Å². The maximum Gasteiger partial charge on any atom is 0.472 e. The number of likely N-dealkylation sites (N-methyl/N-ethyl adjacent to an activating group) is 1. The van der Waals surface area contributed by atoms with Crippen LogP contribution in [-0.4, -0.2) is 73.4 Å². The Bertz CT molecular complexity index is 1220. The van der Waals surface area contributed by atoms with E-state index in [2.05, 4.69) is 43.5 Å². The largest absolute Gasteiger partial charge is 0.472 e. The molecule has 0 fully saturated rings. The van der Waals surface area contributed by atoms with Gasteiger partial charge in [-0.1, -0.05) is 295 Å². The number of aliphatic hydroxyl groups is 1. The second kappa shape index (κ2) is 54.8. The molecule has 0 radical (unpaired) electrons. The number of phosphoric acid groups is 1. The van der Waals surface area contributed by atoms with E-state index in [9.17, 15) is 19.4 Å². The van der Waals surface area contributed by atoms with E-state index < -0.39 is 20.0 Å². The summed E-state index contributed by atoms with van der Waals surface area (Å²) in [5.74, 6) is -0.140. The fourth-order valence-electron chi connectivity index (χ4n) is 9.73. The predicted molar refractivity (Wildman–Crippen MR) is 314 cm³/mol. The molecular weight excluding hydrogens is 912 g/mol. The van der Waals surface area contributed by atoms with Gasteiger partial charge in [0.2, 0.25) is 5.91 Å². The molecule has 3 unspecified atom stereocenters. The smallest absolute Gasteiger partial charge is 0.391 e. The molecule has 428 valence electrons. The highest BCUT2D eigenvalue weighted by Crippen LogP contribution is 2.43. The minimum atomic E-state index is -4.32. The van der Waals surface area contributed by atoms with Crippen LogP contribution in [0.2, 0.25) is 0 Å². The predicted octanol–water partition coefficient (Wildman–Crippen LogP) is 19.5. The number of amides is 1. The zero-order valence-electron chi connectivity index (χ0n) is 48.9. The summed E-state index contributed by atoms with van der Waals surface area (Å²) in [6.45, 7) is 4.92. The normalized spacial score (nSPS) is 13.9. The van der Waals surface area contributed by atoms with Crippen LogP contribution in [0.15, 0.2) is 24.3 Å². The van der Waals surface area contributed by atoms with Crippen molar-refractivity contribution in [3.8, 4) is 0 Å². The first-order valence-electron chi connectivity index (χ1n) is 31.7. The summed E-state index contributed by atoms with van der Waals surface area (Å²) in [6, 6.07) is -0.758. The zero-order valence-corrected chi connectivity index (χ0v) is 49.8. The maximum atomic E-state index is 13.0. The zero-order chi connectivity index (χ0) is 52.7. The molecule has 0 aromatic carbocycles. The lowest BCUT2D eigenvalue weighted by atomic mass is 10.0. The first-order chi connectivity index (χ1) is 35.0. The molecule has 0 bridgehead atoms. The van der Waals surface area contributed by atoms with Crippen molar-refractivity contribution in [1.82, 2.24) is 5.32 Å². The summed E-state index contributed by atoms with van der Waals surface area (Å²) in [5, 5.41) is 14.0.